The normalized spacial score (nSPS) is 38.1. The molecular weight excluding hydrogens is 251 g/mol. The van der Waals surface area contributed by atoms with Gasteiger partial charge in [0.05, 0.1) is 0 Å². The van der Waals surface area contributed by atoms with Crippen molar-refractivity contribution in [3.63, 3.8) is 0 Å². The molecule has 4 fully saturated rings. The molecule has 4 saturated carbocycles. The van der Waals surface area contributed by atoms with Gasteiger partial charge in [0.15, 0.2) is 0 Å². The average Bonchev–Trinajstić information content (AvgIpc) is 2.40. The Hall–Kier alpha value is -1.18. The van der Waals surface area contributed by atoms with Crippen molar-refractivity contribution < 1.29 is 9.18 Å². The van der Waals surface area contributed by atoms with E-state index >= 15 is 0 Å². The third kappa shape index (κ3) is 2.10. The van der Waals surface area contributed by atoms with E-state index in [0.717, 1.165) is 17.4 Å². The number of ketones is 1. The van der Waals surface area contributed by atoms with Crippen LogP contribution in [-0.4, -0.2) is 5.78 Å². The van der Waals surface area contributed by atoms with Gasteiger partial charge in [-0.2, -0.15) is 0 Å². The van der Waals surface area contributed by atoms with Gasteiger partial charge >= 0.3 is 0 Å². The van der Waals surface area contributed by atoms with Gasteiger partial charge in [-0.15, -0.1) is 0 Å². The molecule has 0 aromatic heterocycles. The summed E-state index contributed by atoms with van der Waals surface area (Å²) in [5.41, 5.74) is 0.963. The zero-order valence-electron chi connectivity index (χ0n) is 11.7. The molecule has 1 aromatic rings. The predicted octanol–water partition coefficient (Wildman–Crippen LogP) is 4.01. The second-order valence-electron chi connectivity index (χ2n) is 7.23. The lowest BCUT2D eigenvalue weighted by Gasteiger charge is -2.53. The zero-order chi connectivity index (χ0) is 13.7. The van der Waals surface area contributed by atoms with Gasteiger partial charge in [-0.05, 0) is 73.5 Å². The second kappa shape index (κ2) is 4.68. The fourth-order valence-electron chi connectivity index (χ4n) is 5.37. The van der Waals surface area contributed by atoms with Gasteiger partial charge in [0, 0.05) is 12.3 Å². The lowest BCUT2D eigenvalue weighted by atomic mass is 9.51. The van der Waals surface area contributed by atoms with Crippen LogP contribution in [0.5, 0.6) is 0 Å². The number of rotatable bonds is 3. The van der Waals surface area contributed by atoms with Gasteiger partial charge in [0.25, 0.3) is 0 Å². The van der Waals surface area contributed by atoms with Crippen molar-refractivity contribution in [1.82, 2.24) is 0 Å². The van der Waals surface area contributed by atoms with Crippen molar-refractivity contribution in [2.75, 3.05) is 0 Å². The van der Waals surface area contributed by atoms with Crippen molar-refractivity contribution in [3.05, 3.63) is 35.6 Å². The van der Waals surface area contributed by atoms with Crippen molar-refractivity contribution in [1.29, 1.82) is 0 Å². The monoisotopic (exact) mass is 272 g/mol. The smallest absolute Gasteiger partial charge is 0.140 e. The number of benzene rings is 1. The number of hydrogen-bond donors (Lipinski definition) is 0. The summed E-state index contributed by atoms with van der Waals surface area (Å²) in [6.07, 6.45) is 7.05. The van der Waals surface area contributed by atoms with E-state index in [2.05, 4.69) is 0 Å². The minimum atomic E-state index is -0.226. The van der Waals surface area contributed by atoms with Crippen LogP contribution < -0.4 is 0 Å². The molecule has 1 nitrogen and oxygen atoms in total. The molecule has 0 radical (unpaired) electrons. The lowest BCUT2D eigenvalue weighted by molar-refractivity contribution is -0.135. The van der Waals surface area contributed by atoms with Gasteiger partial charge in [-0.3, -0.25) is 4.79 Å². The summed E-state index contributed by atoms with van der Waals surface area (Å²) in [4.78, 5) is 12.7. The van der Waals surface area contributed by atoms with Crippen molar-refractivity contribution >= 4 is 5.78 Å². The van der Waals surface area contributed by atoms with E-state index in [9.17, 15) is 9.18 Å². The molecule has 1 aromatic carbocycles. The molecule has 4 aliphatic carbocycles. The van der Waals surface area contributed by atoms with Crippen LogP contribution in [0.3, 0.4) is 0 Å². The second-order valence-corrected chi connectivity index (χ2v) is 7.23. The fraction of sp³-hybridized carbons (Fsp3) is 0.611. The third-order valence-corrected chi connectivity index (χ3v) is 5.89. The first kappa shape index (κ1) is 12.6. The topological polar surface area (TPSA) is 17.1 Å². The van der Waals surface area contributed by atoms with E-state index in [-0.39, 0.29) is 5.82 Å². The molecule has 0 amide bonds. The summed E-state index contributed by atoms with van der Waals surface area (Å²) in [7, 11) is 0. The maximum absolute atomic E-state index is 12.9. The number of carbonyl (C=O) groups excluding carboxylic acids is 1. The molecule has 4 aliphatic rings. The van der Waals surface area contributed by atoms with Crippen LogP contribution in [0.25, 0.3) is 0 Å². The SMILES string of the molecule is O=C(Cc1ccc(F)cc1)C1C2CC3CC(C2)CC1C3. The molecule has 0 heterocycles. The van der Waals surface area contributed by atoms with Crippen molar-refractivity contribution in [3.8, 4) is 0 Å². The molecule has 20 heavy (non-hydrogen) atoms. The standard InChI is InChI=1S/C18H21FO/c19-16-3-1-11(2-4-16)10-17(20)18-14-6-12-5-13(8-14)9-15(18)7-12/h1-4,12-15,18H,5-10H2. The van der Waals surface area contributed by atoms with Crippen LogP contribution in [0.2, 0.25) is 0 Å². The predicted molar refractivity (Wildman–Crippen MR) is 75.6 cm³/mol. The molecule has 106 valence electrons. The van der Waals surface area contributed by atoms with Crippen LogP contribution in [0.4, 0.5) is 4.39 Å². The number of carbonyl (C=O) groups is 1. The minimum absolute atomic E-state index is 0.226. The van der Waals surface area contributed by atoms with E-state index < -0.39 is 0 Å². The highest BCUT2D eigenvalue weighted by molar-refractivity contribution is 5.84. The highest BCUT2D eigenvalue weighted by Crippen LogP contribution is 2.56. The Morgan fingerprint density at radius 3 is 2.05 bits per heavy atom. The Labute approximate surface area is 119 Å². The van der Waals surface area contributed by atoms with Gasteiger partial charge in [-0.1, -0.05) is 12.1 Å². The van der Waals surface area contributed by atoms with Crippen LogP contribution in [-0.2, 0) is 11.2 Å². The van der Waals surface area contributed by atoms with Gasteiger partial charge in [0.2, 0.25) is 0 Å². The van der Waals surface area contributed by atoms with Gasteiger partial charge < -0.3 is 0 Å². The zero-order valence-corrected chi connectivity index (χ0v) is 11.7. The van der Waals surface area contributed by atoms with E-state index in [1.807, 2.05) is 0 Å². The lowest BCUT2D eigenvalue weighted by Crippen LogP contribution is -2.48. The minimum Gasteiger partial charge on any atom is -0.299 e. The summed E-state index contributed by atoms with van der Waals surface area (Å²) in [5, 5.41) is 0. The summed E-state index contributed by atoms with van der Waals surface area (Å²) in [6, 6.07) is 6.42. The van der Waals surface area contributed by atoms with E-state index in [0.29, 0.717) is 30.0 Å². The molecular formula is C18H21FO. The molecule has 0 unspecified atom stereocenters. The molecule has 4 bridgehead atoms. The largest absolute Gasteiger partial charge is 0.299 e. The molecule has 0 N–H and O–H groups in total. The van der Waals surface area contributed by atoms with Gasteiger partial charge in [-0.25, -0.2) is 4.39 Å². The van der Waals surface area contributed by atoms with E-state index in [1.54, 1.807) is 12.1 Å². The Morgan fingerprint density at radius 2 is 1.50 bits per heavy atom. The Bertz CT molecular complexity index is 491. The summed E-state index contributed by atoms with van der Waals surface area (Å²) < 4.78 is 12.9. The Kier molecular flexibility index (Phi) is 2.94. The van der Waals surface area contributed by atoms with E-state index in [4.69, 9.17) is 0 Å². The first-order valence-electron chi connectivity index (χ1n) is 7.96. The fourth-order valence-corrected chi connectivity index (χ4v) is 5.37. The average molecular weight is 272 g/mol. The number of hydrogen-bond acceptors (Lipinski definition) is 1. The number of Topliss-reactive ketones (excluding diaryl/α,β-unsaturated/α-hetero) is 1. The summed E-state index contributed by atoms with van der Waals surface area (Å²) in [5.74, 6) is 3.60. The first-order chi connectivity index (χ1) is 9.69. The molecule has 2 heteroatoms. The quantitative estimate of drug-likeness (QED) is 0.812. The Morgan fingerprint density at radius 1 is 0.950 bits per heavy atom. The first-order valence-corrected chi connectivity index (χ1v) is 7.96. The molecule has 0 spiro atoms. The van der Waals surface area contributed by atoms with Crippen molar-refractivity contribution in [2.24, 2.45) is 29.6 Å². The van der Waals surface area contributed by atoms with Gasteiger partial charge in [0.1, 0.15) is 11.6 Å². The maximum atomic E-state index is 12.9. The highest BCUT2D eigenvalue weighted by Gasteiger charge is 2.50. The summed E-state index contributed by atoms with van der Waals surface area (Å²) in [6.45, 7) is 0. The number of halogens is 1. The Balaban J connectivity index is 1.50. The molecule has 0 aliphatic heterocycles. The van der Waals surface area contributed by atoms with E-state index in [1.165, 1.54) is 44.2 Å². The van der Waals surface area contributed by atoms with Crippen LogP contribution in [0.15, 0.2) is 24.3 Å². The third-order valence-electron chi connectivity index (χ3n) is 5.89. The maximum Gasteiger partial charge on any atom is 0.140 e. The van der Waals surface area contributed by atoms with Crippen LogP contribution >= 0.6 is 0 Å². The molecule has 0 saturated heterocycles. The van der Waals surface area contributed by atoms with Crippen LogP contribution in [0.1, 0.15) is 37.7 Å². The van der Waals surface area contributed by atoms with Crippen molar-refractivity contribution in [2.45, 2.75) is 38.5 Å². The molecule has 5 rings (SSSR count). The highest BCUT2D eigenvalue weighted by atomic mass is 19.1. The summed E-state index contributed by atoms with van der Waals surface area (Å²) >= 11 is 0. The van der Waals surface area contributed by atoms with Crippen LogP contribution in [0, 0.1) is 35.4 Å². The molecule has 0 atom stereocenters.